The third-order valence-electron chi connectivity index (χ3n) is 2.29. The second kappa shape index (κ2) is 5.87. The molecule has 0 saturated carbocycles. The lowest BCUT2D eigenvalue weighted by molar-refractivity contribution is 0.721. The highest BCUT2D eigenvalue weighted by Crippen LogP contribution is 2.38. The predicted octanol–water partition coefficient (Wildman–Crippen LogP) is 3.98. The Hall–Kier alpha value is -0.550. The van der Waals surface area contributed by atoms with Crippen molar-refractivity contribution in [3.8, 4) is 0 Å². The molecular formula is C12H13ClN2S2. The zero-order chi connectivity index (χ0) is 12.3. The first-order valence-corrected chi connectivity index (χ1v) is 7.38. The van der Waals surface area contributed by atoms with Crippen LogP contribution in [0.4, 0.5) is 0 Å². The summed E-state index contributed by atoms with van der Waals surface area (Å²) in [6.07, 6.45) is 1.81. The van der Waals surface area contributed by atoms with Crippen molar-refractivity contribution in [3.05, 3.63) is 46.4 Å². The van der Waals surface area contributed by atoms with E-state index in [1.165, 1.54) is 0 Å². The fraction of sp³-hybridized carbons (Fsp3) is 0.250. The van der Waals surface area contributed by atoms with Gasteiger partial charge < -0.3 is 5.73 Å². The molecule has 1 heterocycles. The molecule has 0 spiro atoms. The summed E-state index contributed by atoms with van der Waals surface area (Å²) in [7, 11) is 0. The summed E-state index contributed by atoms with van der Waals surface area (Å²) in [5.74, 6) is 0. The second-order valence-electron chi connectivity index (χ2n) is 3.75. The van der Waals surface area contributed by atoms with E-state index in [2.05, 4.69) is 11.1 Å². The zero-order valence-corrected chi connectivity index (χ0v) is 11.7. The normalized spacial score (nSPS) is 14.5. The number of thioether (sulfide) groups is 1. The minimum Gasteiger partial charge on any atom is -0.327 e. The molecule has 2 N–H and O–H groups in total. The van der Waals surface area contributed by atoms with E-state index in [-0.39, 0.29) is 11.3 Å². The molecule has 2 aromatic rings. The molecule has 0 amide bonds. The maximum absolute atomic E-state index is 6.05. The average Bonchev–Trinajstić information content (AvgIpc) is 2.78. The number of aromatic nitrogens is 1. The third-order valence-corrected chi connectivity index (χ3v) is 4.93. The lowest BCUT2D eigenvalue weighted by Crippen LogP contribution is -2.22. The first-order chi connectivity index (χ1) is 8.16. The molecular weight excluding hydrogens is 272 g/mol. The van der Waals surface area contributed by atoms with Gasteiger partial charge >= 0.3 is 0 Å². The molecule has 0 aliphatic rings. The lowest BCUT2D eigenvalue weighted by atomic mass is 10.1. The zero-order valence-electron chi connectivity index (χ0n) is 9.34. The van der Waals surface area contributed by atoms with Crippen LogP contribution in [-0.2, 0) is 0 Å². The summed E-state index contributed by atoms with van der Waals surface area (Å²) in [6, 6.07) is 7.89. The van der Waals surface area contributed by atoms with Crippen molar-refractivity contribution in [2.75, 3.05) is 0 Å². The van der Waals surface area contributed by atoms with Gasteiger partial charge in [0.15, 0.2) is 0 Å². The third kappa shape index (κ3) is 3.45. The minimum atomic E-state index is 0.0439. The molecule has 0 aliphatic carbocycles. The van der Waals surface area contributed by atoms with Gasteiger partial charge in [0.05, 0.1) is 5.25 Å². The van der Waals surface area contributed by atoms with Gasteiger partial charge in [-0.2, -0.15) is 0 Å². The minimum absolute atomic E-state index is 0.0439. The van der Waals surface area contributed by atoms with Crippen LogP contribution >= 0.6 is 34.7 Å². The molecule has 2 rings (SSSR count). The van der Waals surface area contributed by atoms with E-state index < -0.39 is 0 Å². The molecule has 90 valence electrons. The van der Waals surface area contributed by atoms with Gasteiger partial charge in [0.1, 0.15) is 4.34 Å². The quantitative estimate of drug-likeness (QED) is 0.863. The summed E-state index contributed by atoms with van der Waals surface area (Å²) >= 11 is 9.33. The molecule has 2 unspecified atom stereocenters. The first kappa shape index (κ1) is 12.9. The standard InChI is InChI=1S/C12H13ClN2S2/c1-8(14)11(17-12-15-5-6-16-12)9-3-2-4-10(13)7-9/h2-8,11H,14H2,1H3. The summed E-state index contributed by atoms with van der Waals surface area (Å²) in [4.78, 5) is 4.28. The number of halogens is 1. The highest BCUT2D eigenvalue weighted by atomic mass is 35.5. The first-order valence-electron chi connectivity index (χ1n) is 5.24. The summed E-state index contributed by atoms with van der Waals surface area (Å²) in [5.41, 5.74) is 7.19. The van der Waals surface area contributed by atoms with Gasteiger partial charge in [-0.05, 0) is 24.6 Å². The Balaban J connectivity index is 2.23. The number of thiazole rings is 1. The lowest BCUT2D eigenvalue weighted by Gasteiger charge is -2.19. The molecule has 0 aliphatic heterocycles. The summed E-state index contributed by atoms with van der Waals surface area (Å²) < 4.78 is 1.03. The van der Waals surface area contributed by atoms with E-state index >= 15 is 0 Å². The van der Waals surface area contributed by atoms with Crippen molar-refractivity contribution in [2.24, 2.45) is 5.73 Å². The molecule has 0 saturated heterocycles. The van der Waals surface area contributed by atoms with Gasteiger partial charge in [0, 0.05) is 22.6 Å². The summed E-state index contributed by atoms with van der Waals surface area (Å²) in [5, 5.41) is 2.89. The smallest absolute Gasteiger partial charge is 0.150 e. The van der Waals surface area contributed by atoms with Crippen LogP contribution in [0.5, 0.6) is 0 Å². The van der Waals surface area contributed by atoms with Crippen LogP contribution in [-0.4, -0.2) is 11.0 Å². The Morgan fingerprint density at radius 3 is 2.88 bits per heavy atom. The highest BCUT2D eigenvalue weighted by molar-refractivity contribution is 8.01. The van der Waals surface area contributed by atoms with E-state index in [4.69, 9.17) is 17.3 Å². The van der Waals surface area contributed by atoms with E-state index in [1.54, 1.807) is 23.1 Å². The molecule has 5 heteroatoms. The second-order valence-corrected chi connectivity index (χ2v) is 6.47. The highest BCUT2D eigenvalue weighted by Gasteiger charge is 2.19. The largest absolute Gasteiger partial charge is 0.327 e. The van der Waals surface area contributed by atoms with E-state index in [1.807, 2.05) is 36.7 Å². The van der Waals surface area contributed by atoms with Gasteiger partial charge in [0.2, 0.25) is 0 Å². The van der Waals surface area contributed by atoms with Crippen LogP contribution in [0.15, 0.2) is 40.2 Å². The molecule has 17 heavy (non-hydrogen) atoms. The monoisotopic (exact) mass is 284 g/mol. The van der Waals surface area contributed by atoms with Crippen molar-refractivity contribution in [3.63, 3.8) is 0 Å². The number of rotatable bonds is 4. The van der Waals surface area contributed by atoms with E-state index in [9.17, 15) is 0 Å². The molecule has 2 nitrogen and oxygen atoms in total. The number of hydrogen-bond donors (Lipinski definition) is 1. The maximum Gasteiger partial charge on any atom is 0.150 e. The number of benzene rings is 1. The van der Waals surface area contributed by atoms with Gasteiger partial charge in [-0.3, -0.25) is 0 Å². The van der Waals surface area contributed by atoms with Crippen LogP contribution in [0.1, 0.15) is 17.7 Å². The Morgan fingerprint density at radius 2 is 2.29 bits per heavy atom. The van der Waals surface area contributed by atoms with Crippen LogP contribution in [0.3, 0.4) is 0 Å². The fourth-order valence-electron chi connectivity index (χ4n) is 1.54. The number of nitrogens with zero attached hydrogens (tertiary/aromatic N) is 1. The van der Waals surface area contributed by atoms with Gasteiger partial charge in [-0.1, -0.05) is 35.5 Å². The van der Waals surface area contributed by atoms with Crippen molar-refractivity contribution >= 4 is 34.7 Å². The molecule has 0 bridgehead atoms. The Bertz CT molecular complexity index is 471. The Labute approximate surface area is 114 Å². The average molecular weight is 285 g/mol. The maximum atomic E-state index is 6.05. The summed E-state index contributed by atoms with van der Waals surface area (Å²) in [6.45, 7) is 2.01. The van der Waals surface area contributed by atoms with Crippen LogP contribution in [0, 0.1) is 0 Å². The predicted molar refractivity (Wildman–Crippen MR) is 75.8 cm³/mol. The van der Waals surface area contributed by atoms with E-state index in [0.29, 0.717) is 0 Å². The van der Waals surface area contributed by atoms with Crippen molar-refractivity contribution < 1.29 is 0 Å². The Morgan fingerprint density at radius 1 is 1.47 bits per heavy atom. The van der Waals surface area contributed by atoms with Gasteiger partial charge in [0.25, 0.3) is 0 Å². The molecule has 0 radical (unpaired) electrons. The van der Waals surface area contributed by atoms with Crippen LogP contribution in [0.2, 0.25) is 5.02 Å². The van der Waals surface area contributed by atoms with Gasteiger partial charge in [-0.15, -0.1) is 11.3 Å². The van der Waals surface area contributed by atoms with Gasteiger partial charge in [-0.25, -0.2) is 4.98 Å². The number of hydrogen-bond acceptors (Lipinski definition) is 4. The molecule has 1 aromatic carbocycles. The molecule has 0 fully saturated rings. The topological polar surface area (TPSA) is 38.9 Å². The van der Waals surface area contributed by atoms with Crippen LogP contribution in [0.25, 0.3) is 0 Å². The van der Waals surface area contributed by atoms with Crippen LogP contribution < -0.4 is 5.73 Å². The fourth-order valence-corrected chi connectivity index (χ4v) is 3.63. The molecule has 2 atom stereocenters. The van der Waals surface area contributed by atoms with Crippen molar-refractivity contribution in [1.29, 1.82) is 0 Å². The number of nitrogens with two attached hydrogens (primary N) is 1. The van der Waals surface area contributed by atoms with Crippen molar-refractivity contribution in [2.45, 2.75) is 22.6 Å². The van der Waals surface area contributed by atoms with E-state index in [0.717, 1.165) is 14.9 Å². The van der Waals surface area contributed by atoms with Crippen molar-refractivity contribution in [1.82, 2.24) is 4.98 Å². The SMILES string of the molecule is CC(N)C(Sc1nccs1)c1cccc(Cl)c1. The molecule has 1 aromatic heterocycles. The Kier molecular flexibility index (Phi) is 4.45.